The topological polar surface area (TPSA) is 32.3 Å². The lowest BCUT2D eigenvalue weighted by atomic mass is 10.1. The van der Waals surface area contributed by atoms with E-state index in [1.807, 2.05) is 13.8 Å². The molecular formula is C14H23NO. The van der Waals surface area contributed by atoms with E-state index < -0.39 is 0 Å². The van der Waals surface area contributed by atoms with Gasteiger partial charge in [0.1, 0.15) is 0 Å². The fraction of sp³-hybridized carbons (Fsp3) is 0.571. The predicted molar refractivity (Wildman–Crippen MR) is 68.5 cm³/mol. The summed E-state index contributed by atoms with van der Waals surface area (Å²) < 4.78 is 0. The third kappa shape index (κ3) is 3.95. The average molecular weight is 221 g/mol. The van der Waals surface area contributed by atoms with Crippen LogP contribution in [0, 0.1) is 19.8 Å². The van der Waals surface area contributed by atoms with Gasteiger partial charge in [0.05, 0.1) is 6.10 Å². The zero-order valence-electron chi connectivity index (χ0n) is 10.7. The van der Waals surface area contributed by atoms with Gasteiger partial charge in [0.2, 0.25) is 0 Å². The van der Waals surface area contributed by atoms with Gasteiger partial charge in [0.25, 0.3) is 0 Å². The van der Waals surface area contributed by atoms with Crippen LogP contribution in [-0.2, 0) is 6.54 Å². The van der Waals surface area contributed by atoms with Crippen molar-refractivity contribution >= 4 is 0 Å². The highest BCUT2D eigenvalue weighted by atomic mass is 16.3. The van der Waals surface area contributed by atoms with E-state index in [9.17, 15) is 5.11 Å². The van der Waals surface area contributed by atoms with Crippen LogP contribution in [0.15, 0.2) is 18.2 Å². The molecule has 0 aliphatic carbocycles. The maximum absolute atomic E-state index is 9.66. The Morgan fingerprint density at radius 2 is 1.94 bits per heavy atom. The van der Waals surface area contributed by atoms with Gasteiger partial charge in [-0.2, -0.15) is 0 Å². The summed E-state index contributed by atoms with van der Waals surface area (Å²) in [4.78, 5) is 0. The lowest BCUT2D eigenvalue weighted by molar-refractivity contribution is 0.123. The minimum Gasteiger partial charge on any atom is -0.392 e. The molecule has 1 aromatic carbocycles. The number of hydrogen-bond donors (Lipinski definition) is 2. The molecule has 0 fully saturated rings. The van der Waals surface area contributed by atoms with Crippen molar-refractivity contribution < 1.29 is 5.11 Å². The molecule has 0 aliphatic heterocycles. The molecule has 90 valence electrons. The van der Waals surface area contributed by atoms with Gasteiger partial charge in [0.15, 0.2) is 0 Å². The Kier molecular flexibility index (Phi) is 4.97. The van der Waals surface area contributed by atoms with Crippen molar-refractivity contribution in [3.05, 3.63) is 34.9 Å². The number of nitrogens with one attached hydrogen (secondary N) is 1. The Bertz CT molecular complexity index is 334. The fourth-order valence-corrected chi connectivity index (χ4v) is 1.63. The van der Waals surface area contributed by atoms with Crippen molar-refractivity contribution in [2.24, 2.45) is 5.92 Å². The third-order valence-electron chi connectivity index (χ3n) is 2.94. The van der Waals surface area contributed by atoms with Crippen LogP contribution < -0.4 is 5.32 Å². The van der Waals surface area contributed by atoms with E-state index in [1.165, 1.54) is 16.7 Å². The Morgan fingerprint density at radius 3 is 2.50 bits per heavy atom. The number of aryl methyl sites for hydroxylation is 2. The normalized spacial score (nSPS) is 13.1. The van der Waals surface area contributed by atoms with E-state index in [2.05, 4.69) is 37.4 Å². The summed E-state index contributed by atoms with van der Waals surface area (Å²) >= 11 is 0. The van der Waals surface area contributed by atoms with Crippen LogP contribution in [0.1, 0.15) is 30.5 Å². The molecular weight excluding hydrogens is 198 g/mol. The third-order valence-corrected chi connectivity index (χ3v) is 2.94. The van der Waals surface area contributed by atoms with Gasteiger partial charge in [-0.3, -0.25) is 0 Å². The highest BCUT2D eigenvalue weighted by molar-refractivity contribution is 5.30. The number of rotatable bonds is 5. The first kappa shape index (κ1) is 13.2. The Balaban J connectivity index is 2.43. The zero-order chi connectivity index (χ0) is 12.1. The van der Waals surface area contributed by atoms with Gasteiger partial charge in [-0.05, 0) is 30.9 Å². The molecule has 0 aromatic heterocycles. The van der Waals surface area contributed by atoms with Crippen LogP contribution in [0.5, 0.6) is 0 Å². The van der Waals surface area contributed by atoms with Crippen LogP contribution in [0.3, 0.4) is 0 Å². The lowest BCUT2D eigenvalue weighted by Crippen LogP contribution is -2.30. The van der Waals surface area contributed by atoms with Gasteiger partial charge in [-0.1, -0.05) is 37.6 Å². The fourth-order valence-electron chi connectivity index (χ4n) is 1.63. The monoisotopic (exact) mass is 221 g/mol. The molecule has 0 saturated heterocycles. The molecule has 0 bridgehead atoms. The van der Waals surface area contributed by atoms with Gasteiger partial charge in [-0.25, -0.2) is 0 Å². The second kappa shape index (κ2) is 6.02. The molecule has 2 nitrogen and oxygen atoms in total. The SMILES string of the molecule is Cc1ccc(CNCC(O)C(C)C)c(C)c1. The molecule has 0 saturated carbocycles. The summed E-state index contributed by atoms with van der Waals surface area (Å²) in [6.07, 6.45) is -0.259. The highest BCUT2D eigenvalue weighted by Gasteiger charge is 2.08. The summed E-state index contributed by atoms with van der Waals surface area (Å²) in [5, 5.41) is 12.9. The van der Waals surface area contributed by atoms with E-state index in [0.29, 0.717) is 12.5 Å². The van der Waals surface area contributed by atoms with Crippen molar-refractivity contribution in [2.75, 3.05) is 6.54 Å². The molecule has 16 heavy (non-hydrogen) atoms. The average Bonchev–Trinajstić information content (AvgIpc) is 2.20. The maximum atomic E-state index is 9.66. The van der Waals surface area contributed by atoms with E-state index in [-0.39, 0.29) is 6.10 Å². The van der Waals surface area contributed by atoms with Gasteiger partial charge >= 0.3 is 0 Å². The van der Waals surface area contributed by atoms with Crippen LogP contribution in [0.2, 0.25) is 0 Å². The van der Waals surface area contributed by atoms with Crippen molar-refractivity contribution in [1.82, 2.24) is 5.32 Å². The number of benzene rings is 1. The van der Waals surface area contributed by atoms with Crippen molar-refractivity contribution in [1.29, 1.82) is 0 Å². The molecule has 0 heterocycles. The minimum atomic E-state index is -0.259. The summed E-state index contributed by atoms with van der Waals surface area (Å²) in [5.41, 5.74) is 3.91. The minimum absolute atomic E-state index is 0.259. The van der Waals surface area contributed by atoms with Crippen molar-refractivity contribution in [3.8, 4) is 0 Å². The van der Waals surface area contributed by atoms with E-state index in [1.54, 1.807) is 0 Å². The van der Waals surface area contributed by atoms with E-state index >= 15 is 0 Å². The summed E-state index contributed by atoms with van der Waals surface area (Å²) in [6.45, 7) is 9.78. The van der Waals surface area contributed by atoms with Gasteiger partial charge < -0.3 is 10.4 Å². The number of aliphatic hydroxyl groups is 1. The molecule has 1 aromatic rings. The molecule has 1 rings (SSSR count). The second-order valence-electron chi connectivity index (χ2n) is 4.87. The predicted octanol–water partition coefficient (Wildman–Crippen LogP) is 2.41. The lowest BCUT2D eigenvalue weighted by Gasteiger charge is -2.15. The quantitative estimate of drug-likeness (QED) is 0.800. The summed E-state index contributed by atoms with van der Waals surface area (Å²) in [6, 6.07) is 6.47. The molecule has 0 aliphatic rings. The molecule has 1 unspecified atom stereocenters. The molecule has 2 N–H and O–H groups in total. The first-order valence-corrected chi connectivity index (χ1v) is 5.95. The largest absolute Gasteiger partial charge is 0.392 e. The van der Waals surface area contributed by atoms with Crippen LogP contribution >= 0.6 is 0 Å². The number of hydrogen-bond acceptors (Lipinski definition) is 2. The second-order valence-corrected chi connectivity index (χ2v) is 4.87. The van der Waals surface area contributed by atoms with Gasteiger partial charge in [0, 0.05) is 13.1 Å². The Hall–Kier alpha value is -0.860. The highest BCUT2D eigenvalue weighted by Crippen LogP contribution is 2.10. The van der Waals surface area contributed by atoms with Crippen LogP contribution in [0.4, 0.5) is 0 Å². The first-order chi connectivity index (χ1) is 7.50. The molecule has 0 radical (unpaired) electrons. The molecule has 1 atom stereocenters. The molecule has 0 spiro atoms. The number of aliphatic hydroxyl groups excluding tert-OH is 1. The van der Waals surface area contributed by atoms with E-state index in [0.717, 1.165) is 6.54 Å². The Morgan fingerprint density at radius 1 is 1.25 bits per heavy atom. The first-order valence-electron chi connectivity index (χ1n) is 5.95. The smallest absolute Gasteiger partial charge is 0.0687 e. The van der Waals surface area contributed by atoms with Crippen LogP contribution in [-0.4, -0.2) is 17.8 Å². The molecule has 0 amide bonds. The Labute approximate surface area is 98.7 Å². The maximum Gasteiger partial charge on any atom is 0.0687 e. The van der Waals surface area contributed by atoms with E-state index in [4.69, 9.17) is 0 Å². The molecule has 2 heteroatoms. The van der Waals surface area contributed by atoms with Crippen molar-refractivity contribution in [3.63, 3.8) is 0 Å². The summed E-state index contributed by atoms with van der Waals surface area (Å²) in [5.74, 6) is 0.312. The zero-order valence-corrected chi connectivity index (χ0v) is 10.7. The standard InChI is InChI=1S/C14H23NO/c1-10(2)14(16)9-15-8-13-6-5-11(3)7-12(13)4/h5-7,10,14-16H,8-9H2,1-4H3. The summed E-state index contributed by atoms with van der Waals surface area (Å²) in [7, 11) is 0. The van der Waals surface area contributed by atoms with Crippen LogP contribution in [0.25, 0.3) is 0 Å². The van der Waals surface area contributed by atoms with Crippen molar-refractivity contribution in [2.45, 2.75) is 40.3 Å². The van der Waals surface area contributed by atoms with Gasteiger partial charge in [-0.15, -0.1) is 0 Å².